The van der Waals surface area contributed by atoms with Crippen molar-refractivity contribution in [2.75, 3.05) is 39.3 Å². The number of nitrogens with one attached hydrogen (secondary N) is 1. The van der Waals surface area contributed by atoms with E-state index < -0.39 is 0 Å². The molecule has 2 heterocycles. The zero-order chi connectivity index (χ0) is 16.8. The first-order valence-corrected chi connectivity index (χ1v) is 9.25. The van der Waals surface area contributed by atoms with Gasteiger partial charge in [0.2, 0.25) is 0 Å². The topological polar surface area (TPSA) is 44.8 Å². The van der Waals surface area contributed by atoms with Crippen LogP contribution in [-0.4, -0.2) is 61.2 Å². The summed E-state index contributed by atoms with van der Waals surface area (Å²) in [6.07, 6.45) is 4.38. The predicted molar refractivity (Wildman–Crippen MR) is 95.5 cm³/mol. The van der Waals surface area contributed by atoms with Gasteiger partial charge in [-0.3, -0.25) is 4.90 Å². The molecule has 0 radical (unpaired) electrons. The number of piperazine rings is 1. The van der Waals surface area contributed by atoms with Crippen molar-refractivity contribution >= 4 is 6.03 Å². The highest BCUT2D eigenvalue weighted by Gasteiger charge is 2.32. The van der Waals surface area contributed by atoms with Crippen LogP contribution in [0.1, 0.15) is 31.7 Å². The van der Waals surface area contributed by atoms with Crippen LogP contribution in [0.4, 0.5) is 4.79 Å². The maximum atomic E-state index is 12.3. The second-order valence-electron chi connectivity index (χ2n) is 6.75. The SMILES string of the molecule is CCCOc1ccc(CCNC(=O)N2CCN3CCC[C@H]3C2)cc1. The van der Waals surface area contributed by atoms with E-state index in [1.54, 1.807) is 0 Å². The lowest BCUT2D eigenvalue weighted by molar-refractivity contribution is 0.117. The van der Waals surface area contributed by atoms with Crippen molar-refractivity contribution in [1.29, 1.82) is 0 Å². The van der Waals surface area contributed by atoms with Gasteiger partial charge in [-0.1, -0.05) is 19.1 Å². The molecule has 5 heteroatoms. The molecule has 24 heavy (non-hydrogen) atoms. The van der Waals surface area contributed by atoms with Crippen molar-refractivity contribution in [3.8, 4) is 5.75 Å². The Labute approximate surface area is 145 Å². The van der Waals surface area contributed by atoms with Crippen molar-refractivity contribution in [3.63, 3.8) is 0 Å². The van der Waals surface area contributed by atoms with Crippen molar-refractivity contribution in [2.24, 2.45) is 0 Å². The van der Waals surface area contributed by atoms with Crippen LogP contribution in [0, 0.1) is 0 Å². The Morgan fingerprint density at radius 3 is 2.88 bits per heavy atom. The second-order valence-corrected chi connectivity index (χ2v) is 6.75. The fraction of sp³-hybridized carbons (Fsp3) is 0.632. The summed E-state index contributed by atoms with van der Waals surface area (Å²) in [5, 5.41) is 3.07. The Hall–Kier alpha value is -1.75. The van der Waals surface area contributed by atoms with Gasteiger partial charge in [-0.2, -0.15) is 0 Å². The molecular weight excluding hydrogens is 302 g/mol. The summed E-state index contributed by atoms with van der Waals surface area (Å²) in [5.41, 5.74) is 1.22. The standard InChI is InChI=1S/C19H29N3O2/c1-2-14-24-18-7-5-16(6-8-18)9-10-20-19(23)22-13-12-21-11-3-4-17(21)15-22/h5-8,17H,2-4,9-15H2,1H3,(H,20,23)/t17-/m0/s1. The van der Waals surface area contributed by atoms with E-state index in [9.17, 15) is 4.79 Å². The van der Waals surface area contributed by atoms with E-state index in [-0.39, 0.29) is 6.03 Å². The fourth-order valence-electron chi connectivity index (χ4n) is 3.57. The van der Waals surface area contributed by atoms with E-state index in [2.05, 4.69) is 29.3 Å². The number of hydrogen-bond acceptors (Lipinski definition) is 3. The molecule has 3 rings (SSSR count). The molecule has 2 fully saturated rings. The first-order chi connectivity index (χ1) is 11.8. The van der Waals surface area contributed by atoms with E-state index in [1.165, 1.54) is 24.9 Å². The van der Waals surface area contributed by atoms with E-state index in [1.807, 2.05) is 17.0 Å². The van der Waals surface area contributed by atoms with Gasteiger partial charge in [-0.05, 0) is 49.9 Å². The highest BCUT2D eigenvalue weighted by molar-refractivity contribution is 5.74. The van der Waals surface area contributed by atoms with Gasteiger partial charge in [0.05, 0.1) is 6.61 Å². The zero-order valence-electron chi connectivity index (χ0n) is 14.7. The number of nitrogens with zero attached hydrogens (tertiary/aromatic N) is 2. The third-order valence-electron chi connectivity index (χ3n) is 4.96. The van der Waals surface area contributed by atoms with Crippen LogP contribution < -0.4 is 10.1 Å². The molecule has 0 unspecified atom stereocenters. The Kier molecular flexibility index (Phi) is 5.96. The molecule has 5 nitrogen and oxygen atoms in total. The number of rotatable bonds is 6. The fourth-order valence-corrected chi connectivity index (χ4v) is 3.57. The van der Waals surface area contributed by atoms with Crippen LogP contribution >= 0.6 is 0 Å². The summed E-state index contributed by atoms with van der Waals surface area (Å²) in [6, 6.07) is 8.84. The van der Waals surface area contributed by atoms with Gasteiger partial charge in [0.25, 0.3) is 0 Å². The van der Waals surface area contributed by atoms with E-state index in [0.717, 1.165) is 44.8 Å². The van der Waals surface area contributed by atoms with E-state index in [0.29, 0.717) is 12.6 Å². The number of hydrogen-bond donors (Lipinski definition) is 1. The van der Waals surface area contributed by atoms with Crippen molar-refractivity contribution in [3.05, 3.63) is 29.8 Å². The molecule has 2 saturated heterocycles. The Morgan fingerprint density at radius 1 is 1.25 bits per heavy atom. The summed E-state index contributed by atoms with van der Waals surface area (Å²) in [6.45, 7) is 7.50. The van der Waals surface area contributed by atoms with Gasteiger partial charge < -0.3 is 15.0 Å². The van der Waals surface area contributed by atoms with Crippen LogP contribution in [0.3, 0.4) is 0 Å². The molecule has 0 aromatic heterocycles. The Balaban J connectivity index is 1.38. The largest absolute Gasteiger partial charge is 0.494 e. The average Bonchev–Trinajstić information content (AvgIpc) is 3.08. The Bertz CT molecular complexity index is 532. The molecule has 2 amide bonds. The number of carbonyl (C=O) groups excluding carboxylic acids is 1. The first-order valence-electron chi connectivity index (χ1n) is 9.25. The maximum absolute atomic E-state index is 12.3. The highest BCUT2D eigenvalue weighted by Crippen LogP contribution is 2.21. The number of benzene rings is 1. The lowest BCUT2D eigenvalue weighted by Crippen LogP contribution is -2.54. The monoisotopic (exact) mass is 331 g/mol. The maximum Gasteiger partial charge on any atom is 0.317 e. The van der Waals surface area contributed by atoms with Crippen molar-refractivity contribution < 1.29 is 9.53 Å². The van der Waals surface area contributed by atoms with Gasteiger partial charge in [-0.15, -0.1) is 0 Å². The quantitative estimate of drug-likeness (QED) is 0.871. The highest BCUT2D eigenvalue weighted by atomic mass is 16.5. The molecule has 0 bridgehead atoms. The lowest BCUT2D eigenvalue weighted by atomic mass is 10.1. The van der Waals surface area contributed by atoms with Crippen molar-refractivity contribution in [2.45, 2.75) is 38.6 Å². The summed E-state index contributed by atoms with van der Waals surface area (Å²) in [5.74, 6) is 0.916. The smallest absolute Gasteiger partial charge is 0.317 e. The normalized spacial score (nSPS) is 20.7. The van der Waals surface area contributed by atoms with E-state index >= 15 is 0 Å². The van der Waals surface area contributed by atoms with Gasteiger partial charge in [0.15, 0.2) is 0 Å². The average molecular weight is 331 g/mol. The summed E-state index contributed by atoms with van der Waals surface area (Å²) >= 11 is 0. The minimum Gasteiger partial charge on any atom is -0.494 e. The molecule has 132 valence electrons. The van der Waals surface area contributed by atoms with Gasteiger partial charge in [0.1, 0.15) is 5.75 Å². The number of fused-ring (bicyclic) bond motifs is 1. The molecule has 1 aromatic carbocycles. The molecule has 2 aliphatic heterocycles. The molecular formula is C19H29N3O2. The van der Waals surface area contributed by atoms with Crippen molar-refractivity contribution in [1.82, 2.24) is 15.1 Å². The number of amides is 2. The molecule has 0 aliphatic carbocycles. The lowest BCUT2D eigenvalue weighted by Gasteiger charge is -2.37. The Morgan fingerprint density at radius 2 is 2.08 bits per heavy atom. The third-order valence-corrected chi connectivity index (χ3v) is 4.96. The third kappa shape index (κ3) is 4.41. The number of ether oxygens (including phenoxy) is 1. The summed E-state index contributed by atoms with van der Waals surface area (Å²) < 4.78 is 5.59. The zero-order valence-corrected chi connectivity index (χ0v) is 14.7. The molecule has 1 atom stereocenters. The van der Waals surface area contributed by atoms with Gasteiger partial charge in [-0.25, -0.2) is 4.79 Å². The number of carbonyl (C=O) groups is 1. The molecule has 0 saturated carbocycles. The van der Waals surface area contributed by atoms with Crippen LogP contribution in [0.2, 0.25) is 0 Å². The first kappa shape index (κ1) is 17.1. The van der Waals surface area contributed by atoms with Crippen LogP contribution in [0.25, 0.3) is 0 Å². The molecule has 1 N–H and O–H groups in total. The predicted octanol–water partition coefficient (Wildman–Crippen LogP) is 2.51. The summed E-state index contributed by atoms with van der Waals surface area (Å²) in [7, 11) is 0. The van der Waals surface area contributed by atoms with Gasteiger partial charge in [0, 0.05) is 32.2 Å². The van der Waals surface area contributed by atoms with Crippen LogP contribution in [0.15, 0.2) is 24.3 Å². The summed E-state index contributed by atoms with van der Waals surface area (Å²) in [4.78, 5) is 16.8. The van der Waals surface area contributed by atoms with Crippen LogP contribution in [-0.2, 0) is 6.42 Å². The second kappa shape index (κ2) is 8.38. The van der Waals surface area contributed by atoms with E-state index in [4.69, 9.17) is 4.74 Å². The minimum atomic E-state index is 0.0875. The molecule has 0 spiro atoms. The number of urea groups is 1. The van der Waals surface area contributed by atoms with Gasteiger partial charge >= 0.3 is 6.03 Å². The minimum absolute atomic E-state index is 0.0875. The van der Waals surface area contributed by atoms with Crippen LogP contribution in [0.5, 0.6) is 5.75 Å². The molecule has 1 aromatic rings. The molecule has 2 aliphatic rings.